The Morgan fingerprint density at radius 1 is 1.35 bits per heavy atom. The van der Waals surface area contributed by atoms with E-state index in [-0.39, 0.29) is 0 Å². The van der Waals surface area contributed by atoms with Crippen molar-refractivity contribution in [2.75, 3.05) is 38.7 Å². The van der Waals surface area contributed by atoms with E-state index in [1.54, 1.807) is 7.11 Å². The molecule has 2 rings (SSSR count). The molecular formula is C15H28N4O. The molecule has 1 fully saturated rings. The second-order valence-corrected chi connectivity index (χ2v) is 5.62. The molecule has 1 N–H and O–H groups in total. The average molecular weight is 280 g/mol. The van der Waals surface area contributed by atoms with Gasteiger partial charge in [-0.1, -0.05) is 6.42 Å². The molecule has 0 aliphatic carbocycles. The predicted octanol–water partition coefficient (Wildman–Crippen LogP) is 2.21. The van der Waals surface area contributed by atoms with Crippen LogP contribution in [0.5, 0.6) is 0 Å². The number of rotatable bonds is 8. The number of anilines is 1. The summed E-state index contributed by atoms with van der Waals surface area (Å²) in [5.74, 6) is 0.977. The molecule has 0 radical (unpaired) electrons. The van der Waals surface area contributed by atoms with Crippen LogP contribution in [0, 0.1) is 0 Å². The monoisotopic (exact) mass is 280 g/mol. The van der Waals surface area contributed by atoms with E-state index in [1.165, 1.54) is 32.4 Å². The van der Waals surface area contributed by atoms with Crippen LogP contribution in [0.2, 0.25) is 0 Å². The van der Waals surface area contributed by atoms with E-state index >= 15 is 0 Å². The maximum atomic E-state index is 5.06. The summed E-state index contributed by atoms with van der Waals surface area (Å²) >= 11 is 0. The van der Waals surface area contributed by atoms with Crippen LogP contribution in [0.25, 0.3) is 0 Å². The van der Waals surface area contributed by atoms with Gasteiger partial charge in [0, 0.05) is 45.2 Å². The van der Waals surface area contributed by atoms with Crippen molar-refractivity contribution < 1.29 is 4.74 Å². The van der Waals surface area contributed by atoms with Gasteiger partial charge >= 0.3 is 0 Å². The van der Waals surface area contributed by atoms with E-state index in [9.17, 15) is 0 Å². The fourth-order valence-electron chi connectivity index (χ4n) is 2.80. The fourth-order valence-corrected chi connectivity index (χ4v) is 2.80. The van der Waals surface area contributed by atoms with Crippen molar-refractivity contribution in [2.45, 2.75) is 45.2 Å². The molecule has 1 aliphatic rings. The number of aromatic nitrogens is 2. The quantitative estimate of drug-likeness (QED) is 0.741. The lowest BCUT2D eigenvalue weighted by Crippen LogP contribution is -2.39. The van der Waals surface area contributed by atoms with E-state index in [4.69, 9.17) is 4.74 Å². The molecule has 5 nitrogen and oxygen atoms in total. The lowest BCUT2D eigenvalue weighted by Gasteiger charge is -2.32. The highest BCUT2D eigenvalue weighted by Crippen LogP contribution is 2.15. The van der Waals surface area contributed by atoms with Crippen LogP contribution in [-0.4, -0.2) is 53.8 Å². The highest BCUT2D eigenvalue weighted by Gasteiger charge is 2.17. The topological polar surface area (TPSA) is 42.3 Å². The van der Waals surface area contributed by atoms with Crippen molar-refractivity contribution in [3.63, 3.8) is 0 Å². The summed E-state index contributed by atoms with van der Waals surface area (Å²) in [6.07, 6.45) is 9.03. The normalized spacial score (nSPS) is 18.1. The molecule has 1 aliphatic heterocycles. The lowest BCUT2D eigenvalue weighted by atomic mass is 10.1. The maximum absolute atomic E-state index is 5.06. The number of piperidine rings is 1. The van der Waals surface area contributed by atoms with Crippen LogP contribution in [0.1, 0.15) is 32.6 Å². The largest absolute Gasteiger partial charge is 0.385 e. The van der Waals surface area contributed by atoms with Gasteiger partial charge in [0.1, 0.15) is 0 Å². The predicted molar refractivity (Wildman–Crippen MR) is 82.1 cm³/mol. The fraction of sp³-hybridized carbons (Fsp3) is 0.800. The zero-order valence-corrected chi connectivity index (χ0v) is 12.8. The van der Waals surface area contributed by atoms with E-state index in [0.29, 0.717) is 6.04 Å². The SMILES string of the molecule is COCCCNc1nccn1CC(C)N1CCCCC1. The first-order valence-corrected chi connectivity index (χ1v) is 7.79. The third-order valence-electron chi connectivity index (χ3n) is 4.00. The third-order valence-corrected chi connectivity index (χ3v) is 4.00. The van der Waals surface area contributed by atoms with Crippen LogP contribution < -0.4 is 5.32 Å². The Morgan fingerprint density at radius 3 is 2.90 bits per heavy atom. The molecule has 20 heavy (non-hydrogen) atoms. The highest BCUT2D eigenvalue weighted by atomic mass is 16.5. The summed E-state index contributed by atoms with van der Waals surface area (Å²) in [5, 5.41) is 3.39. The van der Waals surface area contributed by atoms with Gasteiger partial charge < -0.3 is 14.6 Å². The van der Waals surface area contributed by atoms with Crippen LogP contribution in [0.4, 0.5) is 5.95 Å². The van der Waals surface area contributed by atoms with E-state index in [1.807, 2.05) is 6.20 Å². The molecule has 0 amide bonds. The molecule has 0 aromatic carbocycles. The molecule has 1 saturated heterocycles. The minimum absolute atomic E-state index is 0.573. The Balaban J connectivity index is 1.81. The average Bonchev–Trinajstić information content (AvgIpc) is 2.92. The molecule has 0 spiro atoms. The maximum Gasteiger partial charge on any atom is 0.202 e. The first-order valence-electron chi connectivity index (χ1n) is 7.79. The minimum Gasteiger partial charge on any atom is -0.385 e. The Hall–Kier alpha value is -1.07. The number of likely N-dealkylation sites (tertiary alicyclic amines) is 1. The van der Waals surface area contributed by atoms with Crippen LogP contribution >= 0.6 is 0 Å². The van der Waals surface area contributed by atoms with Gasteiger partial charge in [-0.2, -0.15) is 0 Å². The summed E-state index contributed by atoms with van der Waals surface area (Å²) in [4.78, 5) is 7.00. The second kappa shape index (κ2) is 8.27. The van der Waals surface area contributed by atoms with Crippen molar-refractivity contribution in [3.8, 4) is 0 Å². The Kier molecular flexibility index (Phi) is 6.33. The van der Waals surface area contributed by atoms with Crippen molar-refractivity contribution >= 4 is 5.95 Å². The van der Waals surface area contributed by atoms with Gasteiger partial charge in [0.2, 0.25) is 5.95 Å². The van der Waals surface area contributed by atoms with E-state index < -0.39 is 0 Å². The molecule has 0 bridgehead atoms. The number of ether oxygens (including phenoxy) is 1. The highest BCUT2D eigenvalue weighted by molar-refractivity contribution is 5.25. The summed E-state index contributed by atoms with van der Waals surface area (Å²) in [7, 11) is 1.74. The van der Waals surface area contributed by atoms with Crippen molar-refractivity contribution in [1.29, 1.82) is 0 Å². The van der Waals surface area contributed by atoms with Gasteiger partial charge in [-0.15, -0.1) is 0 Å². The van der Waals surface area contributed by atoms with Gasteiger partial charge in [0.05, 0.1) is 0 Å². The second-order valence-electron chi connectivity index (χ2n) is 5.62. The number of methoxy groups -OCH3 is 1. The summed E-state index contributed by atoms with van der Waals surface area (Å²) in [5.41, 5.74) is 0. The Morgan fingerprint density at radius 2 is 2.15 bits per heavy atom. The molecule has 114 valence electrons. The van der Waals surface area contributed by atoms with Crippen LogP contribution in [0.15, 0.2) is 12.4 Å². The minimum atomic E-state index is 0.573. The molecule has 0 saturated carbocycles. The molecule has 1 atom stereocenters. The molecule has 1 aromatic heterocycles. The molecule has 2 heterocycles. The van der Waals surface area contributed by atoms with Gasteiger partial charge in [0.25, 0.3) is 0 Å². The van der Waals surface area contributed by atoms with Gasteiger partial charge in [-0.3, -0.25) is 4.90 Å². The Bertz CT molecular complexity index is 374. The summed E-state index contributed by atoms with van der Waals surface area (Å²) in [6.45, 7) is 7.51. The van der Waals surface area contributed by atoms with Crippen molar-refractivity contribution in [1.82, 2.24) is 14.5 Å². The number of nitrogens with zero attached hydrogens (tertiary/aromatic N) is 3. The van der Waals surface area contributed by atoms with E-state index in [2.05, 4.69) is 32.9 Å². The molecular weight excluding hydrogens is 252 g/mol. The van der Waals surface area contributed by atoms with E-state index in [0.717, 1.165) is 32.1 Å². The smallest absolute Gasteiger partial charge is 0.202 e. The van der Waals surface area contributed by atoms with Gasteiger partial charge in [-0.25, -0.2) is 4.98 Å². The van der Waals surface area contributed by atoms with Crippen LogP contribution in [-0.2, 0) is 11.3 Å². The number of hydrogen-bond donors (Lipinski definition) is 1. The molecule has 1 unspecified atom stereocenters. The van der Waals surface area contributed by atoms with Crippen molar-refractivity contribution in [2.24, 2.45) is 0 Å². The molecule has 5 heteroatoms. The molecule has 1 aromatic rings. The zero-order chi connectivity index (χ0) is 14.2. The number of hydrogen-bond acceptors (Lipinski definition) is 4. The third kappa shape index (κ3) is 4.49. The summed E-state index contributed by atoms with van der Waals surface area (Å²) < 4.78 is 7.29. The van der Waals surface area contributed by atoms with Gasteiger partial charge in [0.15, 0.2) is 0 Å². The number of nitrogens with one attached hydrogen (secondary N) is 1. The zero-order valence-electron chi connectivity index (χ0n) is 12.8. The van der Waals surface area contributed by atoms with Crippen molar-refractivity contribution in [3.05, 3.63) is 12.4 Å². The lowest BCUT2D eigenvalue weighted by molar-refractivity contribution is 0.160. The number of imidazole rings is 1. The first-order chi connectivity index (χ1) is 9.81. The summed E-state index contributed by atoms with van der Waals surface area (Å²) in [6, 6.07) is 0.573. The van der Waals surface area contributed by atoms with Gasteiger partial charge in [-0.05, 0) is 39.3 Å². The Labute approximate surface area is 122 Å². The standard InChI is InChI=1S/C15H28N4O/c1-14(18-9-4-3-5-10-18)13-19-11-8-17-15(19)16-7-6-12-20-2/h8,11,14H,3-7,9-10,12-13H2,1-2H3,(H,16,17). The first kappa shape index (κ1) is 15.3. The van der Waals surface area contributed by atoms with Crippen LogP contribution in [0.3, 0.4) is 0 Å².